The first-order valence-corrected chi connectivity index (χ1v) is 8.08. The zero-order valence-corrected chi connectivity index (χ0v) is 13.6. The maximum absolute atomic E-state index is 12.0. The lowest BCUT2D eigenvalue weighted by atomic mass is 9.99. The van der Waals surface area contributed by atoms with E-state index in [2.05, 4.69) is 6.07 Å². The van der Waals surface area contributed by atoms with E-state index in [1.165, 1.54) is 0 Å². The third-order valence-electron chi connectivity index (χ3n) is 4.19. The van der Waals surface area contributed by atoms with E-state index < -0.39 is 6.10 Å². The first-order valence-electron chi connectivity index (χ1n) is 8.08. The van der Waals surface area contributed by atoms with Crippen LogP contribution in [-0.4, -0.2) is 18.2 Å². The predicted molar refractivity (Wildman–Crippen MR) is 90.0 cm³/mol. The highest BCUT2D eigenvalue weighted by Crippen LogP contribution is 2.24. The van der Waals surface area contributed by atoms with E-state index in [0.29, 0.717) is 5.56 Å². The molecule has 4 heteroatoms. The maximum Gasteiger partial charge on any atom is 0.335 e. The van der Waals surface area contributed by atoms with Gasteiger partial charge in [0.05, 0.1) is 17.7 Å². The first kappa shape index (κ1) is 16.2. The molecule has 0 N–H and O–H groups in total. The Bertz CT molecular complexity index is 761. The molecule has 3 rings (SSSR count). The van der Waals surface area contributed by atoms with Crippen LogP contribution < -0.4 is 0 Å². The molecule has 2 atom stereocenters. The van der Waals surface area contributed by atoms with Gasteiger partial charge in [0.2, 0.25) is 0 Å². The van der Waals surface area contributed by atoms with Crippen LogP contribution in [0.15, 0.2) is 48.5 Å². The Labute approximate surface area is 141 Å². The number of carbonyl (C=O) groups excluding carboxylic acids is 1. The Kier molecular flexibility index (Phi) is 4.93. The fourth-order valence-corrected chi connectivity index (χ4v) is 2.84. The minimum absolute atomic E-state index is 0.127. The van der Waals surface area contributed by atoms with E-state index in [1.54, 1.807) is 6.07 Å². The van der Waals surface area contributed by atoms with Crippen LogP contribution in [0.5, 0.6) is 0 Å². The summed E-state index contributed by atoms with van der Waals surface area (Å²) in [7, 11) is 0. The molecule has 24 heavy (non-hydrogen) atoms. The van der Waals surface area contributed by atoms with Gasteiger partial charge in [-0.3, -0.25) is 0 Å². The van der Waals surface area contributed by atoms with Crippen molar-refractivity contribution in [2.75, 3.05) is 0 Å². The lowest BCUT2D eigenvalue weighted by Gasteiger charge is -2.11. The van der Waals surface area contributed by atoms with Gasteiger partial charge in [-0.25, -0.2) is 4.79 Å². The largest absolute Gasteiger partial charge is 0.459 e. The first-order chi connectivity index (χ1) is 11.7. The molecule has 0 aromatic heterocycles. The smallest absolute Gasteiger partial charge is 0.335 e. The molecule has 1 heterocycles. The molecular formula is C20H19NO3. The second-order valence-electron chi connectivity index (χ2n) is 5.97. The summed E-state index contributed by atoms with van der Waals surface area (Å²) in [6.07, 6.45) is 1.32. The molecule has 2 aromatic rings. The van der Waals surface area contributed by atoms with Crippen molar-refractivity contribution < 1.29 is 14.3 Å². The van der Waals surface area contributed by atoms with Crippen molar-refractivity contribution in [2.24, 2.45) is 0 Å². The Hall–Kier alpha value is -2.64. The quantitative estimate of drug-likeness (QED) is 0.803. The average Bonchev–Trinajstić information content (AvgIpc) is 3.06. The molecule has 1 aliphatic heterocycles. The van der Waals surface area contributed by atoms with E-state index in [9.17, 15) is 10.1 Å². The van der Waals surface area contributed by atoms with Crippen LogP contribution >= 0.6 is 0 Å². The lowest BCUT2D eigenvalue weighted by molar-refractivity contribution is -0.157. The molecule has 0 bridgehead atoms. The summed E-state index contributed by atoms with van der Waals surface area (Å²) < 4.78 is 10.8. The van der Waals surface area contributed by atoms with E-state index in [4.69, 9.17) is 9.47 Å². The van der Waals surface area contributed by atoms with Gasteiger partial charge >= 0.3 is 5.97 Å². The molecule has 1 aliphatic rings. The van der Waals surface area contributed by atoms with Crippen molar-refractivity contribution in [3.05, 3.63) is 59.7 Å². The average molecular weight is 321 g/mol. The molecule has 2 aromatic carbocycles. The SMILES string of the molecule is CC1CCC(C(=O)OCc2ccc(-c3ccccc3C#N)cc2)O1. The number of rotatable bonds is 4. The molecule has 0 aliphatic carbocycles. The van der Waals surface area contributed by atoms with Crippen molar-refractivity contribution in [3.63, 3.8) is 0 Å². The van der Waals surface area contributed by atoms with Crippen LogP contribution in [-0.2, 0) is 20.9 Å². The Morgan fingerprint density at radius 2 is 1.96 bits per heavy atom. The minimum Gasteiger partial charge on any atom is -0.459 e. The molecule has 0 amide bonds. The van der Waals surface area contributed by atoms with Crippen LogP contribution in [0.1, 0.15) is 30.9 Å². The van der Waals surface area contributed by atoms with E-state index in [1.807, 2.05) is 49.4 Å². The number of benzene rings is 2. The van der Waals surface area contributed by atoms with Gasteiger partial charge in [0, 0.05) is 0 Å². The highest BCUT2D eigenvalue weighted by Gasteiger charge is 2.29. The molecule has 0 spiro atoms. The number of esters is 1. The molecule has 4 nitrogen and oxygen atoms in total. The summed E-state index contributed by atoms with van der Waals surface area (Å²) in [6.45, 7) is 2.19. The zero-order valence-electron chi connectivity index (χ0n) is 13.6. The van der Waals surface area contributed by atoms with Crippen LogP contribution in [0.2, 0.25) is 0 Å². The number of ether oxygens (including phenoxy) is 2. The zero-order chi connectivity index (χ0) is 16.9. The summed E-state index contributed by atoms with van der Waals surface area (Å²) in [5, 5.41) is 9.18. The van der Waals surface area contributed by atoms with Gasteiger partial charge in [-0.05, 0) is 42.5 Å². The van der Waals surface area contributed by atoms with E-state index in [-0.39, 0.29) is 18.7 Å². The van der Waals surface area contributed by atoms with Gasteiger partial charge in [-0.2, -0.15) is 5.26 Å². The van der Waals surface area contributed by atoms with Crippen molar-refractivity contribution in [1.29, 1.82) is 5.26 Å². The summed E-state index contributed by atoms with van der Waals surface area (Å²) in [4.78, 5) is 12.0. The van der Waals surface area contributed by atoms with Crippen LogP contribution in [0.4, 0.5) is 0 Å². The second kappa shape index (κ2) is 7.29. The summed E-state index contributed by atoms with van der Waals surface area (Å²) in [6, 6.07) is 17.4. The molecule has 1 saturated heterocycles. The number of hydrogen-bond acceptors (Lipinski definition) is 4. The number of nitrogens with zero attached hydrogens (tertiary/aromatic N) is 1. The fraction of sp³-hybridized carbons (Fsp3) is 0.300. The Morgan fingerprint density at radius 3 is 2.62 bits per heavy atom. The molecule has 1 fully saturated rings. The number of nitriles is 1. The van der Waals surface area contributed by atoms with Crippen LogP contribution in [0.25, 0.3) is 11.1 Å². The Balaban J connectivity index is 1.63. The van der Waals surface area contributed by atoms with Crippen LogP contribution in [0, 0.1) is 11.3 Å². The van der Waals surface area contributed by atoms with Gasteiger partial charge in [0.15, 0.2) is 6.10 Å². The molecular weight excluding hydrogens is 302 g/mol. The second-order valence-corrected chi connectivity index (χ2v) is 5.97. The fourth-order valence-electron chi connectivity index (χ4n) is 2.84. The minimum atomic E-state index is -0.429. The normalized spacial score (nSPS) is 19.7. The van der Waals surface area contributed by atoms with Crippen LogP contribution in [0.3, 0.4) is 0 Å². The molecule has 122 valence electrons. The third kappa shape index (κ3) is 3.64. The van der Waals surface area contributed by atoms with Crippen molar-refractivity contribution in [3.8, 4) is 17.2 Å². The van der Waals surface area contributed by atoms with E-state index in [0.717, 1.165) is 29.5 Å². The molecule has 0 radical (unpaired) electrons. The maximum atomic E-state index is 12.0. The summed E-state index contributed by atoms with van der Waals surface area (Å²) in [5.41, 5.74) is 3.42. The van der Waals surface area contributed by atoms with Crippen molar-refractivity contribution in [2.45, 2.75) is 38.6 Å². The highest BCUT2D eigenvalue weighted by atomic mass is 16.6. The lowest BCUT2D eigenvalue weighted by Crippen LogP contribution is -2.23. The van der Waals surface area contributed by atoms with Gasteiger partial charge in [0.1, 0.15) is 6.61 Å². The van der Waals surface area contributed by atoms with Gasteiger partial charge < -0.3 is 9.47 Å². The predicted octanol–water partition coefficient (Wildman–Crippen LogP) is 3.84. The van der Waals surface area contributed by atoms with Gasteiger partial charge in [0.25, 0.3) is 0 Å². The monoisotopic (exact) mass is 321 g/mol. The number of hydrogen-bond donors (Lipinski definition) is 0. The van der Waals surface area contributed by atoms with Crippen molar-refractivity contribution >= 4 is 5.97 Å². The number of carbonyl (C=O) groups is 1. The third-order valence-corrected chi connectivity index (χ3v) is 4.19. The molecule has 2 unspecified atom stereocenters. The summed E-state index contributed by atoms with van der Waals surface area (Å²) >= 11 is 0. The van der Waals surface area contributed by atoms with Gasteiger partial charge in [-0.1, -0.05) is 42.5 Å². The highest BCUT2D eigenvalue weighted by molar-refractivity contribution is 5.75. The molecule has 0 saturated carbocycles. The van der Waals surface area contributed by atoms with E-state index >= 15 is 0 Å². The van der Waals surface area contributed by atoms with Gasteiger partial charge in [-0.15, -0.1) is 0 Å². The summed E-state index contributed by atoms with van der Waals surface area (Å²) in [5.74, 6) is -0.293. The van der Waals surface area contributed by atoms with Crippen molar-refractivity contribution in [1.82, 2.24) is 0 Å². The standard InChI is InChI=1S/C20H19NO3/c1-14-6-11-19(24-14)20(22)23-13-15-7-9-16(10-8-15)18-5-3-2-4-17(18)12-21/h2-5,7-10,14,19H,6,11,13H2,1H3. The Morgan fingerprint density at radius 1 is 1.21 bits per heavy atom. The topological polar surface area (TPSA) is 59.3 Å².